The molecule has 0 amide bonds. The van der Waals surface area contributed by atoms with Crippen molar-refractivity contribution in [3.63, 3.8) is 0 Å². The maximum absolute atomic E-state index is 12.2. The lowest BCUT2D eigenvalue weighted by Gasteiger charge is -2.22. The number of sulfonamides is 1. The molecule has 1 aromatic carbocycles. The van der Waals surface area contributed by atoms with Gasteiger partial charge in [0.1, 0.15) is 12.4 Å². The molecule has 0 aliphatic carbocycles. The van der Waals surface area contributed by atoms with E-state index in [1.807, 2.05) is 0 Å². The van der Waals surface area contributed by atoms with Gasteiger partial charge in [0.05, 0.1) is 18.0 Å². The summed E-state index contributed by atoms with van der Waals surface area (Å²) < 4.78 is 31.1. The van der Waals surface area contributed by atoms with Gasteiger partial charge >= 0.3 is 0 Å². The molecule has 1 saturated heterocycles. The van der Waals surface area contributed by atoms with E-state index in [1.165, 1.54) is 4.31 Å². The molecule has 1 atom stereocenters. The van der Waals surface area contributed by atoms with Crippen LogP contribution in [0.5, 0.6) is 5.75 Å². The summed E-state index contributed by atoms with van der Waals surface area (Å²) in [7, 11) is -3.40. The van der Waals surface area contributed by atoms with Gasteiger partial charge in [-0.2, -0.15) is 4.31 Å². The minimum Gasteiger partial charge on any atom is -0.490 e. The van der Waals surface area contributed by atoms with Gasteiger partial charge in [0.25, 0.3) is 0 Å². The van der Waals surface area contributed by atoms with Crippen LogP contribution in [0.15, 0.2) is 24.3 Å². The van der Waals surface area contributed by atoms with E-state index >= 15 is 0 Å². The minimum atomic E-state index is -3.40. The van der Waals surface area contributed by atoms with Crippen molar-refractivity contribution in [2.75, 3.05) is 31.2 Å². The lowest BCUT2D eigenvalue weighted by molar-refractivity contribution is 0.212. The van der Waals surface area contributed by atoms with Gasteiger partial charge in [-0.05, 0) is 25.0 Å². The van der Waals surface area contributed by atoms with Crippen LogP contribution in [-0.2, 0) is 10.0 Å². The second kappa shape index (κ2) is 6.43. The number of nitrogens with zero attached hydrogens (tertiary/aromatic N) is 1. The molecule has 112 valence electrons. The van der Waals surface area contributed by atoms with E-state index in [1.54, 1.807) is 24.3 Å². The highest BCUT2D eigenvalue weighted by Gasteiger charge is 2.33. The largest absolute Gasteiger partial charge is 0.490 e. The number of nitrogens with two attached hydrogens (primary N) is 1. The van der Waals surface area contributed by atoms with Crippen molar-refractivity contribution in [3.8, 4) is 5.75 Å². The lowest BCUT2D eigenvalue weighted by Crippen LogP contribution is -2.40. The molecule has 0 unspecified atom stereocenters. The Hall–Kier alpha value is -1.31. The molecule has 2 rings (SSSR count). The number of benzene rings is 1. The Morgan fingerprint density at radius 3 is 2.85 bits per heavy atom. The number of nitrogen functional groups attached to an aromatic ring is 1. The van der Waals surface area contributed by atoms with Crippen molar-refractivity contribution in [1.82, 2.24) is 4.31 Å². The van der Waals surface area contributed by atoms with Gasteiger partial charge < -0.3 is 15.6 Å². The van der Waals surface area contributed by atoms with E-state index in [2.05, 4.69) is 0 Å². The van der Waals surface area contributed by atoms with E-state index in [9.17, 15) is 13.5 Å². The Bertz CT molecular complexity index is 547. The van der Waals surface area contributed by atoms with Crippen LogP contribution in [0, 0.1) is 0 Å². The normalized spacial score (nSPS) is 20.1. The molecule has 3 N–H and O–H groups in total. The summed E-state index contributed by atoms with van der Waals surface area (Å²) in [6.07, 6.45) is 1.50. The molecular weight excluding hydrogens is 280 g/mol. The molecule has 1 fully saturated rings. The second-order valence-corrected chi connectivity index (χ2v) is 6.83. The van der Waals surface area contributed by atoms with Crippen LogP contribution in [-0.4, -0.2) is 49.4 Å². The molecule has 1 heterocycles. The van der Waals surface area contributed by atoms with E-state index in [-0.39, 0.29) is 25.0 Å². The highest BCUT2D eigenvalue weighted by molar-refractivity contribution is 7.89. The molecule has 1 aliphatic rings. The molecule has 6 nitrogen and oxygen atoms in total. The number of para-hydroxylation sites is 2. The Morgan fingerprint density at radius 2 is 2.15 bits per heavy atom. The number of hydrogen-bond donors (Lipinski definition) is 2. The van der Waals surface area contributed by atoms with Crippen molar-refractivity contribution in [2.45, 2.75) is 18.9 Å². The van der Waals surface area contributed by atoms with E-state index in [0.29, 0.717) is 24.4 Å². The predicted octanol–water partition coefficient (Wildman–Crippen LogP) is 0.434. The zero-order chi connectivity index (χ0) is 14.6. The fourth-order valence-electron chi connectivity index (χ4n) is 2.34. The zero-order valence-electron chi connectivity index (χ0n) is 11.2. The average molecular weight is 300 g/mol. The standard InChI is InChI=1S/C13H20N2O4S/c14-12-5-1-2-6-13(12)19-8-9-20(17,18)15-7-3-4-11(15)10-16/h1-2,5-6,11,16H,3-4,7-10,14H2/t11-/m0/s1. The highest BCUT2D eigenvalue weighted by Crippen LogP contribution is 2.22. The van der Waals surface area contributed by atoms with Crippen molar-refractivity contribution in [1.29, 1.82) is 0 Å². The van der Waals surface area contributed by atoms with Crippen LogP contribution in [0.3, 0.4) is 0 Å². The Morgan fingerprint density at radius 1 is 1.40 bits per heavy atom. The number of aliphatic hydroxyl groups excluding tert-OH is 1. The van der Waals surface area contributed by atoms with E-state index < -0.39 is 10.0 Å². The molecule has 0 spiro atoms. The average Bonchev–Trinajstić information content (AvgIpc) is 2.90. The molecular formula is C13H20N2O4S. The van der Waals surface area contributed by atoms with Gasteiger partial charge in [-0.3, -0.25) is 0 Å². The lowest BCUT2D eigenvalue weighted by atomic mass is 10.2. The van der Waals surface area contributed by atoms with E-state index in [4.69, 9.17) is 10.5 Å². The summed E-state index contributed by atoms with van der Waals surface area (Å²) in [4.78, 5) is 0. The van der Waals surface area contributed by atoms with Gasteiger partial charge in [0.2, 0.25) is 10.0 Å². The van der Waals surface area contributed by atoms with Crippen molar-refractivity contribution in [2.24, 2.45) is 0 Å². The van der Waals surface area contributed by atoms with Crippen LogP contribution in [0.1, 0.15) is 12.8 Å². The van der Waals surface area contributed by atoms with Crippen molar-refractivity contribution < 1.29 is 18.3 Å². The Labute approximate surface area is 119 Å². The second-order valence-electron chi connectivity index (χ2n) is 4.79. The molecule has 20 heavy (non-hydrogen) atoms. The summed E-state index contributed by atoms with van der Waals surface area (Å²) in [6.45, 7) is 0.387. The number of rotatable bonds is 6. The quantitative estimate of drug-likeness (QED) is 0.743. The van der Waals surface area contributed by atoms with Gasteiger partial charge in [-0.15, -0.1) is 0 Å². The topological polar surface area (TPSA) is 92.9 Å². The maximum Gasteiger partial charge on any atom is 0.217 e. The zero-order valence-corrected chi connectivity index (χ0v) is 12.1. The SMILES string of the molecule is Nc1ccccc1OCCS(=O)(=O)N1CCC[C@H]1CO. The fraction of sp³-hybridized carbons (Fsp3) is 0.538. The third-order valence-corrected chi connectivity index (χ3v) is 5.29. The van der Waals surface area contributed by atoms with Crippen molar-refractivity contribution in [3.05, 3.63) is 24.3 Å². The van der Waals surface area contributed by atoms with Crippen LogP contribution in [0.25, 0.3) is 0 Å². The minimum absolute atomic E-state index is 0.0468. The molecule has 1 aliphatic heterocycles. The van der Waals surface area contributed by atoms with Crippen LogP contribution < -0.4 is 10.5 Å². The highest BCUT2D eigenvalue weighted by atomic mass is 32.2. The summed E-state index contributed by atoms with van der Waals surface area (Å²) in [5.41, 5.74) is 6.20. The van der Waals surface area contributed by atoms with Gasteiger partial charge in [-0.1, -0.05) is 12.1 Å². The smallest absolute Gasteiger partial charge is 0.217 e. The third kappa shape index (κ3) is 3.41. The Kier molecular flexibility index (Phi) is 4.85. The number of ether oxygens (including phenoxy) is 1. The monoisotopic (exact) mass is 300 g/mol. The first kappa shape index (κ1) is 15.1. The first-order valence-electron chi connectivity index (χ1n) is 6.62. The summed E-state index contributed by atoms with van der Waals surface area (Å²) in [5.74, 6) is 0.375. The van der Waals surface area contributed by atoms with Gasteiger partial charge in [0, 0.05) is 12.6 Å². The molecule has 0 radical (unpaired) electrons. The molecule has 0 saturated carbocycles. The summed E-state index contributed by atoms with van der Waals surface area (Å²) in [5, 5.41) is 9.19. The van der Waals surface area contributed by atoms with Gasteiger partial charge in [-0.25, -0.2) is 8.42 Å². The molecule has 7 heteroatoms. The Balaban J connectivity index is 1.91. The first-order valence-corrected chi connectivity index (χ1v) is 8.23. The van der Waals surface area contributed by atoms with Crippen LogP contribution in [0.2, 0.25) is 0 Å². The molecule has 0 bridgehead atoms. The summed E-state index contributed by atoms with van der Waals surface area (Å²) in [6, 6.07) is 6.68. The van der Waals surface area contributed by atoms with E-state index in [0.717, 1.165) is 6.42 Å². The molecule has 1 aromatic rings. The number of anilines is 1. The molecule has 0 aromatic heterocycles. The van der Waals surface area contributed by atoms with Crippen LogP contribution >= 0.6 is 0 Å². The number of aliphatic hydroxyl groups is 1. The predicted molar refractivity (Wildman–Crippen MR) is 77.0 cm³/mol. The first-order chi connectivity index (χ1) is 9.54. The van der Waals surface area contributed by atoms with Crippen molar-refractivity contribution >= 4 is 15.7 Å². The third-order valence-electron chi connectivity index (χ3n) is 3.41. The fourth-order valence-corrected chi connectivity index (χ4v) is 3.91. The number of hydrogen-bond acceptors (Lipinski definition) is 5. The summed E-state index contributed by atoms with van der Waals surface area (Å²) >= 11 is 0. The van der Waals surface area contributed by atoms with Gasteiger partial charge in [0.15, 0.2) is 0 Å². The maximum atomic E-state index is 12.2. The van der Waals surface area contributed by atoms with Crippen LogP contribution in [0.4, 0.5) is 5.69 Å².